The molecule has 1 amide bonds. The Hall–Kier alpha value is -2.25. The first-order valence-corrected chi connectivity index (χ1v) is 9.92. The molecule has 0 aliphatic heterocycles. The Kier molecular flexibility index (Phi) is 4.15. The van der Waals surface area contributed by atoms with Crippen LogP contribution in [0.2, 0.25) is 0 Å². The third-order valence-electron chi connectivity index (χ3n) is 3.69. The molecule has 5 nitrogen and oxygen atoms in total. The van der Waals surface area contributed by atoms with Gasteiger partial charge in [0.15, 0.2) is 14.6 Å². The van der Waals surface area contributed by atoms with Crippen LogP contribution in [0.3, 0.4) is 0 Å². The van der Waals surface area contributed by atoms with Crippen LogP contribution in [0.1, 0.15) is 15.9 Å². The molecule has 0 N–H and O–H groups in total. The minimum absolute atomic E-state index is 0.182. The molecule has 0 unspecified atom stereocenters. The molecule has 3 aromatic rings. The number of amides is 1. The summed E-state index contributed by atoms with van der Waals surface area (Å²) in [7, 11) is -1.41. The fraction of sp³-hybridized carbons (Fsp3) is 0.176. The molecule has 0 aliphatic carbocycles. The van der Waals surface area contributed by atoms with Crippen molar-refractivity contribution in [3.63, 3.8) is 0 Å². The fourth-order valence-electron chi connectivity index (χ4n) is 2.34. The normalized spacial score (nSPS) is 12.7. The van der Waals surface area contributed by atoms with Crippen LogP contribution in [0.15, 0.2) is 52.4 Å². The highest BCUT2D eigenvalue weighted by Gasteiger charge is 2.10. The van der Waals surface area contributed by atoms with Crippen LogP contribution in [0.5, 0.6) is 0 Å². The van der Waals surface area contributed by atoms with Gasteiger partial charge in [0, 0.05) is 18.9 Å². The van der Waals surface area contributed by atoms with Crippen LogP contribution in [-0.2, 0) is 16.9 Å². The SMILES string of the molecule is Cc1ccc2c(c1)sc(=NC(=O)c1ccc(S(C)(=O)=O)cc1)n2C. The predicted molar refractivity (Wildman–Crippen MR) is 95.0 cm³/mol. The highest BCUT2D eigenvalue weighted by molar-refractivity contribution is 7.90. The van der Waals surface area contributed by atoms with E-state index < -0.39 is 15.7 Å². The molecule has 0 bridgehead atoms. The summed E-state index contributed by atoms with van der Waals surface area (Å²) in [4.78, 5) is 17.3. The lowest BCUT2D eigenvalue weighted by molar-refractivity contribution is 0.0998. The quantitative estimate of drug-likeness (QED) is 0.706. The molecule has 2 aromatic carbocycles. The molecule has 0 atom stereocenters. The molecule has 3 rings (SSSR count). The van der Waals surface area contributed by atoms with E-state index in [1.165, 1.54) is 35.6 Å². The maximum atomic E-state index is 12.3. The van der Waals surface area contributed by atoms with Crippen molar-refractivity contribution in [2.24, 2.45) is 12.0 Å². The minimum Gasteiger partial charge on any atom is -0.319 e. The van der Waals surface area contributed by atoms with E-state index in [-0.39, 0.29) is 4.90 Å². The zero-order valence-electron chi connectivity index (χ0n) is 13.5. The van der Waals surface area contributed by atoms with Crippen molar-refractivity contribution < 1.29 is 13.2 Å². The molecular formula is C17H16N2O3S2. The summed E-state index contributed by atoms with van der Waals surface area (Å²) in [5, 5.41) is 0. The molecule has 0 spiro atoms. The zero-order chi connectivity index (χ0) is 17.5. The van der Waals surface area contributed by atoms with Gasteiger partial charge in [-0.1, -0.05) is 17.4 Å². The van der Waals surface area contributed by atoms with Crippen LogP contribution >= 0.6 is 11.3 Å². The van der Waals surface area contributed by atoms with Crippen molar-refractivity contribution in [1.29, 1.82) is 0 Å². The smallest absolute Gasteiger partial charge is 0.279 e. The highest BCUT2D eigenvalue weighted by atomic mass is 32.2. The molecule has 0 fully saturated rings. The number of carbonyl (C=O) groups is 1. The average molecular weight is 360 g/mol. The molecule has 24 heavy (non-hydrogen) atoms. The first-order chi connectivity index (χ1) is 11.3. The van der Waals surface area contributed by atoms with Crippen LogP contribution in [-0.4, -0.2) is 25.1 Å². The highest BCUT2D eigenvalue weighted by Crippen LogP contribution is 2.18. The second-order valence-corrected chi connectivity index (χ2v) is 8.65. The van der Waals surface area contributed by atoms with Crippen molar-refractivity contribution in [3.05, 3.63) is 58.4 Å². The molecule has 1 heterocycles. The van der Waals surface area contributed by atoms with Gasteiger partial charge in [-0.05, 0) is 48.9 Å². The number of nitrogens with zero attached hydrogens (tertiary/aromatic N) is 2. The summed E-state index contributed by atoms with van der Waals surface area (Å²) in [6, 6.07) is 11.9. The van der Waals surface area contributed by atoms with E-state index in [1.807, 2.05) is 30.7 Å². The van der Waals surface area contributed by atoms with Crippen molar-refractivity contribution >= 4 is 37.3 Å². The predicted octanol–water partition coefficient (Wildman–Crippen LogP) is 2.69. The molecular weight excluding hydrogens is 344 g/mol. The van der Waals surface area contributed by atoms with Crippen LogP contribution in [0.4, 0.5) is 0 Å². The average Bonchev–Trinajstić information content (AvgIpc) is 2.82. The summed E-state index contributed by atoms with van der Waals surface area (Å²) >= 11 is 1.45. The monoisotopic (exact) mass is 360 g/mol. The number of hydrogen-bond acceptors (Lipinski definition) is 4. The van der Waals surface area contributed by atoms with E-state index in [9.17, 15) is 13.2 Å². The van der Waals surface area contributed by atoms with E-state index in [0.29, 0.717) is 10.4 Å². The lowest BCUT2D eigenvalue weighted by Gasteiger charge is -1.99. The molecule has 1 aromatic heterocycles. The first-order valence-electron chi connectivity index (χ1n) is 7.21. The van der Waals surface area contributed by atoms with E-state index in [2.05, 4.69) is 11.1 Å². The molecule has 124 valence electrons. The number of carbonyl (C=O) groups excluding carboxylic acids is 1. The van der Waals surface area contributed by atoms with Gasteiger partial charge in [0.25, 0.3) is 5.91 Å². The van der Waals surface area contributed by atoms with Crippen LogP contribution in [0.25, 0.3) is 10.2 Å². The fourth-order valence-corrected chi connectivity index (χ4v) is 4.09. The van der Waals surface area contributed by atoms with E-state index in [1.54, 1.807) is 0 Å². The van der Waals surface area contributed by atoms with E-state index >= 15 is 0 Å². The number of hydrogen-bond donors (Lipinski definition) is 0. The zero-order valence-corrected chi connectivity index (χ0v) is 15.1. The van der Waals surface area contributed by atoms with Crippen molar-refractivity contribution in [1.82, 2.24) is 4.57 Å². The largest absolute Gasteiger partial charge is 0.319 e. The summed E-state index contributed by atoms with van der Waals surface area (Å²) in [6.45, 7) is 2.02. The number of aryl methyl sites for hydroxylation is 2. The van der Waals surface area contributed by atoms with E-state index in [0.717, 1.165) is 22.0 Å². The Bertz CT molecular complexity index is 1100. The number of sulfone groups is 1. The Morgan fingerprint density at radius 3 is 2.42 bits per heavy atom. The lowest BCUT2D eigenvalue weighted by Crippen LogP contribution is -2.13. The van der Waals surface area contributed by atoms with Gasteiger partial charge in [-0.15, -0.1) is 0 Å². The van der Waals surface area contributed by atoms with Gasteiger partial charge in [0.2, 0.25) is 0 Å². The lowest BCUT2D eigenvalue weighted by atomic mass is 10.2. The Balaban J connectivity index is 2.02. The standard InChI is InChI=1S/C17H16N2O3S2/c1-11-4-9-14-15(10-11)23-17(19(14)2)18-16(20)12-5-7-13(8-6-12)24(3,21)22/h4-10H,1-3H3. The second-order valence-electron chi connectivity index (χ2n) is 5.63. The Morgan fingerprint density at radius 2 is 1.79 bits per heavy atom. The number of benzene rings is 2. The van der Waals surface area contributed by atoms with Crippen molar-refractivity contribution in [2.75, 3.05) is 6.26 Å². The van der Waals surface area contributed by atoms with Gasteiger partial charge >= 0.3 is 0 Å². The van der Waals surface area contributed by atoms with Crippen molar-refractivity contribution in [3.8, 4) is 0 Å². The molecule has 0 aliphatic rings. The maximum absolute atomic E-state index is 12.3. The summed E-state index contributed by atoms with van der Waals surface area (Å²) < 4.78 is 25.9. The van der Waals surface area contributed by atoms with Crippen LogP contribution < -0.4 is 4.80 Å². The van der Waals surface area contributed by atoms with Gasteiger partial charge < -0.3 is 4.57 Å². The Labute approximate surface area is 143 Å². The third-order valence-corrected chi connectivity index (χ3v) is 5.91. The van der Waals surface area contributed by atoms with Crippen molar-refractivity contribution in [2.45, 2.75) is 11.8 Å². The number of rotatable bonds is 2. The van der Waals surface area contributed by atoms with Gasteiger partial charge in [0.05, 0.1) is 15.1 Å². The number of thiazole rings is 1. The van der Waals surface area contributed by atoms with Gasteiger partial charge in [-0.3, -0.25) is 4.79 Å². The van der Waals surface area contributed by atoms with Crippen LogP contribution in [0, 0.1) is 6.92 Å². The summed E-state index contributed by atoms with van der Waals surface area (Å²) in [6.07, 6.45) is 1.13. The molecule has 7 heteroatoms. The van der Waals surface area contributed by atoms with Gasteiger partial charge in [-0.25, -0.2) is 8.42 Å². The maximum Gasteiger partial charge on any atom is 0.279 e. The number of fused-ring (bicyclic) bond motifs is 1. The summed E-state index contributed by atoms with van der Waals surface area (Å²) in [5.74, 6) is -0.395. The second kappa shape index (κ2) is 5.99. The molecule has 0 saturated carbocycles. The molecule has 0 radical (unpaired) electrons. The Morgan fingerprint density at radius 1 is 1.12 bits per heavy atom. The van der Waals surface area contributed by atoms with Gasteiger partial charge in [0.1, 0.15) is 0 Å². The van der Waals surface area contributed by atoms with Gasteiger partial charge in [-0.2, -0.15) is 4.99 Å². The molecule has 0 saturated heterocycles. The van der Waals surface area contributed by atoms with E-state index in [4.69, 9.17) is 0 Å². The summed E-state index contributed by atoms with van der Waals surface area (Å²) in [5.41, 5.74) is 2.53. The first kappa shape index (κ1) is 16.6. The third kappa shape index (κ3) is 3.18. The topological polar surface area (TPSA) is 68.5 Å². The minimum atomic E-state index is -3.28. The number of aromatic nitrogens is 1.